The molecule has 0 aliphatic carbocycles. The van der Waals surface area contributed by atoms with Crippen molar-refractivity contribution < 1.29 is 9.90 Å². The maximum absolute atomic E-state index is 10.8. The van der Waals surface area contributed by atoms with E-state index in [9.17, 15) is 4.79 Å². The van der Waals surface area contributed by atoms with Crippen molar-refractivity contribution in [1.29, 1.82) is 0 Å². The first kappa shape index (κ1) is 10.2. The summed E-state index contributed by atoms with van der Waals surface area (Å²) in [5.74, 6) is -1.21. The Morgan fingerprint density at radius 1 is 1.40 bits per heavy atom. The molecule has 2 aromatic rings. The van der Waals surface area contributed by atoms with Gasteiger partial charge in [0.25, 0.3) is 0 Å². The maximum atomic E-state index is 10.8. The molecule has 3 heteroatoms. The predicted octanol–water partition coefficient (Wildman–Crippen LogP) is 3.40. The Kier molecular flexibility index (Phi) is 2.49. The third-order valence-corrected chi connectivity index (χ3v) is 3.57. The zero-order chi connectivity index (χ0) is 11.0. The number of rotatable bonds is 2. The van der Waals surface area contributed by atoms with Gasteiger partial charge in [-0.25, -0.2) is 0 Å². The second-order valence-electron chi connectivity index (χ2n) is 3.71. The molecule has 1 unspecified atom stereocenters. The van der Waals surface area contributed by atoms with Gasteiger partial charge in [0.2, 0.25) is 0 Å². The van der Waals surface area contributed by atoms with E-state index in [1.807, 2.05) is 18.2 Å². The number of thiophene rings is 1. The van der Waals surface area contributed by atoms with Gasteiger partial charge in [-0.05, 0) is 43.0 Å². The molecule has 1 heterocycles. The van der Waals surface area contributed by atoms with Crippen molar-refractivity contribution in [3.05, 3.63) is 34.7 Å². The highest BCUT2D eigenvalue weighted by atomic mass is 32.1. The highest BCUT2D eigenvalue weighted by molar-refractivity contribution is 7.19. The SMILES string of the molecule is Cc1cc2cc(C(C)C(=O)O)ccc2s1. The van der Waals surface area contributed by atoms with Crippen LogP contribution >= 0.6 is 11.3 Å². The van der Waals surface area contributed by atoms with Crippen LogP contribution in [-0.2, 0) is 4.79 Å². The molecule has 2 rings (SSSR count). The van der Waals surface area contributed by atoms with Gasteiger partial charge in [-0.15, -0.1) is 11.3 Å². The van der Waals surface area contributed by atoms with E-state index in [2.05, 4.69) is 13.0 Å². The molecule has 1 aromatic heterocycles. The standard InChI is InChI=1S/C12H12O2S/c1-7-5-10-6-9(8(2)12(13)14)3-4-11(10)15-7/h3-6,8H,1-2H3,(H,13,14). The first-order valence-electron chi connectivity index (χ1n) is 4.81. The molecule has 0 fully saturated rings. The number of benzene rings is 1. The molecule has 0 spiro atoms. The average Bonchev–Trinajstić information content (AvgIpc) is 2.55. The number of fused-ring (bicyclic) bond motifs is 1. The summed E-state index contributed by atoms with van der Waals surface area (Å²) in [7, 11) is 0. The van der Waals surface area contributed by atoms with Crippen LogP contribution in [0.4, 0.5) is 0 Å². The first-order valence-corrected chi connectivity index (χ1v) is 5.62. The Hall–Kier alpha value is -1.35. The van der Waals surface area contributed by atoms with Crippen LogP contribution in [0.5, 0.6) is 0 Å². The van der Waals surface area contributed by atoms with Crippen molar-refractivity contribution in [2.75, 3.05) is 0 Å². The van der Waals surface area contributed by atoms with Gasteiger partial charge in [-0.1, -0.05) is 6.07 Å². The molecule has 78 valence electrons. The lowest BCUT2D eigenvalue weighted by molar-refractivity contribution is -0.138. The Morgan fingerprint density at radius 2 is 2.13 bits per heavy atom. The van der Waals surface area contributed by atoms with E-state index in [0.29, 0.717) is 0 Å². The smallest absolute Gasteiger partial charge is 0.310 e. The number of carboxylic acids is 1. The summed E-state index contributed by atoms with van der Waals surface area (Å²) in [5.41, 5.74) is 0.868. The maximum Gasteiger partial charge on any atom is 0.310 e. The molecular weight excluding hydrogens is 208 g/mol. The summed E-state index contributed by atoms with van der Waals surface area (Å²) in [6, 6.07) is 7.97. The first-order chi connectivity index (χ1) is 7.08. The number of aryl methyl sites for hydroxylation is 1. The van der Waals surface area contributed by atoms with Crippen LogP contribution in [0.1, 0.15) is 23.3 Å². The van der Waals surface area contributed by atoms with Gasteiger partial charge >= 0.3 is 5.97 Å². The molecule has 0 aliphatic heterocycles. The molecule has 0 radical (unpaired) electrons. The van der Waals surface area contributed by atoms with Crippen molar-refractivity contribution in [3.8, 4) is 0 Å². The number of carboxylic acid groups (broad SMARTS) is 1. The van der Waals surface area contributed by atoms with E-state index in [4.69, 9.17) is 5.11 Å². The van der Waals surface area contributed by atoms with Crippen LogP contribution in [0.15, 0.2) is 24.3 Å². The van der Waals surface area contributed by atoms with Gasteiger partial charge in [0.1, 0.15) is 0 Å². The molecular formula is C12H12O2S. The molecule has 0 aliphatic rings. The van der Waals surface area contributed by atoms with Gasteiger partial charge < -0.3 is 5.11 Å². The summed E-state index contributed by atoms with van der Waals surface area (Å²) in [6.07, 6.45) is 0. The molecule has 1 N–H and O–H groups in total. The zero-order valence-electron chi connectivity index (χ0n) is 8.65. The lowest BCUT2D eigenvalue weighted by Gasteiger charge is -2.05. The number of aliphatic carboxylic acids is 1. The number of carbonyl (C=O) groups is 1. The van der Waals surface area contributed by atoms with Crippen molar-refractivity contribution in [2.24, 2.45) is 0 Å². The van der Waals surface area contributed by atoms with Crippen LogP contribution in [0.25, 0.3) is 10.1 Å². The normalized spacial score (nSPS) is 12.9. The lowest BCUT2D eigenvalue weighted by atomic mass is 10.0. The van der Waals surface area contributed by atoms with E-state index >= 15 is 0 Å². The zero-order valence-corrected chi connectivity index (χ0v) is 9.47. The fraction of sp³-hybridized carbons (Fsp3) is 0.250. The average molecular weight is 220 g/mol. The Bertz CT molecular complexity index is 513. The van der Waals surface area contributed by atoms with E-state index < -0.39 is 11.9 Å². The van der Waals surface area contributed by atoms with Crippen LogP contribution < -0.4 is 0 Å². The van der Waals surface area contributed by atoms with Crippen LogP contribution in [0.2, 0.25) is 0 Å². The van der Waals surface area contributed by atoms with Crippen molar-refractivity contribution in [3.63, 3.8) is 0 Å². The Balaban J connectivity index is 2.50. The van der Waals surface area contributed by atoms with Gasteiger partial charge in [-0.3, -0.25) is 4.79 Å². The highest BCUT2D eigenvalue weighted by Crippen LogP contribution is 2.28. The topological polar surface area (TPSA) is 37.3 Å². The molecule has 1 atom stereocenters. The monoisotopic (exact) mass is 220 g/mol. The molecule has 0 saturated carbocycles. The molecule has 2 nitrogen and oxygen atoms in total. The van der Waals surface area contributed by atoms with E-state index in [0.717, 1.165) is 10.9 Å². The fourth-order valence-electron chi connectivity index (χ4n) is 1.61. The second kappa shape index (κ2) is 3.66. The van der Waals surface area contributed by atoms with Gasteiger partial charge in [0.05, 0.1) is 5.92 Å². The third-order valence-electron chi connectivity index (χ3n) is 2.53. The quantitative estimate of drug-likeness (QED) is 0.842. The predicted molar refractivity (Wildman–Crippen MR) is 62.6 cm³/mol. The summed E-state index contributed by atoms with van der Waals surface area (Å²) in [6.45, 7) is 3.77. The van der Waals surface area contributed by atoms with Crippen molar-refractivity contribution >= 4 is 27.4 Å². The number of hydrogen-bond donors (Lipinski definition) is 1. The fourth-order valence-corrected chi connectivity index (χ4v) is 2.51. The Morgan fingerprint density at radius 3 is 2.80 bits per heavy atom. The largest absolute Gasteiger partial charge is 0.481 e. The molecule has 0 bridgehead atoms. The molecule has 0 saturated heterocycles. The van der Waals surface area contributed by atoms with Gasteiger partial charge in [-0.2, -0.15) is 0 Å². The van der Waals surface area contributed by atoms with Gasteiger partial charge in [0, 0.05) is 9.58 Å². The minimum atomic E-state index is -0.777. The minimum Gasteiger partial charge on any atom is -0.481 e. The van der Waals surface area contributed by atoms with E-state index in [1.165, 1.54) is 9.58 Å². The summed E-state index contributed by atoms with van der Waals surface area (Å²) < 4.78 is 1.22. The van der Waals surface area contributed by atoms with Crippen LogP contribution in [0.3, 0.4) is 0 Å². The molecule has 0 amide bonds. The number of hydrogen-bond acceptors (Lipinski definition) is 2. The van der Waals surface area contributed by atoms with E-state index in [-0.39, 0.29) is 0 Å². The summed E-state index contributed by atoms with van der Waals surface area (Å²) >= 11 is 1.73. The van der Waals surface area contributed by atoms with E-state index in [1.54, 1.807) is 18.3 Å². The Labute approximate surface area is 92.2 Å². The molecule has 1 aromatic carbocycles. The van der Waals surface area contributed by atoms with Crippen molar-refractivity contribution in [2.45, 2.75) is 19.8 Å². The second-order valence-corrected chi connectivity index (χ2v) is 5.00. The lowest BCUT2D eigenvalue weighted by Crippen LogP contribution is -2.06. The highest BCUT2D eigenvalue weighted by Gasteiger charge is 2.13. The molecule has 15 heavy (non-hydrogen) atoms. The minimum absolute atomic E-state index is 0.436. The summed E-state index contributed by atoms with van der Waals surface area (Å²) in [5, 5.41) is 10.1. The van der Waals surface area contributed by atoms with Gasteiger partial charge in [0.15, 0.2) is 0 Å². The van der Waals surface area contributed by atoms with Crippen LogP contribution in [-0.4, -0.2) is 11.1 Å². The van der Waals surface area contributed by atoms with Crippen molar-refractivity contribution in [1.82, 2.24) is 0 Å². The van der Waals surface area contributed by atoms with Crippen LogP contribution in [0, 0.1) is 6.92 Å². The third kappa shape index (κ3) is 1.88. The summed E-state index contributed by atoms with van der Waals surface area (Å²) in [4.78, 5) is 12.1.